The number of rotatable bonds is 7. The molecule has 1 unspecified atom stereocenters. The molecule has 21 heavy (non-hydrogen) atoms. The molecule has 0 aliphatic heterocycles. The van der Waals surface area contributed by atoms with Crippen molar-refractivity contribution in [1.29, 1.82) is 0 Å². The van der Waals surface area contributed by atoms with Gasteiger partial charge in [-0.15, -0.1) is 0 Å². The van der Waals surface area contributed by atoms with Gasteiger partial charge in [0.25, 0.3) is 5.91 Å². The van der Waals surface area contributed by atoms with E-state index in [2.05, 4.69) is 31.4 Å². The van der Waals surface area contributed by atoms with E-state index in [4.69, 9.17) is 4.74 Å². The number of amides is 1. The van der Waals surface area contributed by atoms with Crippen molar-refractivity contribution in [2.75, 3.05) is 6.61 Å². The van der Waals surface area contributed by atoms with E-state index in [1.54, 1.807) is 0 Å². The van der Waals surface area contributed by atoms with Gasteiger partial charge in [-0.3, -0.25) is 4.79 Å². The highest BCUT2D eigenvalue weighted by molar-refractivity contribution is 5.77. The maximum Gasteiger partial charge on any atom is 0.258 e. The molecule has 0 bridgehead atoms. The predicted octanol–water partition coefficient (Wildman–Crippen LogP) is 2.87. The molecule has 1 atom stereocenters. The first-order chi connectivity index (χ1) is 9.80. The molecule has 0 aromatic heterocycles. The van der Waals surface area contributed by atoms with E-state index in [1.165, 1.54) is 0 Å². The topological polar surface area (TPSA) is 50.4 Å². The first kappa shape index (κ1) is 17.5. The van der Waals surface area contributed by atoms with E-state index in [9.17, 15) is 4.79 Å². The number of carbonyl (C=O) groups excluding carboxylic acids is 1. The predicted molar refractivity (Wildman–Crippen MR) is 86.4 cm³/mol. The summed E-state index contributed by atoms with van der Waals surface area (Å²) in [7, 11) is 0. The molecule has 0 spiro atoms. The van der Waals surface area contributed by atoms with Crippen LogP contribution in [0.1, 0.15) is 46.6 Å². The van der Waals surface area contributed by atoms with Crippen molar-refractivity contribution in [2.24, 2.45) is 0 Å². The average Bonchev–Trinajstić information content (AvgIpc) is 2.42. The van der Waals surface area contributed by atoms with Gasteiger partial charge in [0.2, 0.25) is 0 Å². The van der Waals surface area contributed by atoms with Crippen molar-refractivity contribution >= 4 is 5.91 Å². The summed E-state index contributed by atoms with van der Waals surface area (Å²) in [5.41, 5.74) is 1.22. The molecule has 0 saturated heterocycles. The van der Waals surface area contributed by atoms with Crippen LogP contribution in [0.25, 0.3) is 0 Å². The second-order valence-electron chi connectivity index (χ2n) is 6.42. The van der Waals surface area contributed by atoms with Crippen LogP contribution in [0.5, 0.6) is 5.75 Å². The first-order valence-corrected chi connectivity index (χ1v) is 7.56. The molecule has 0 saturated carbocycles. The van der Waals surface area contributed by atoms with E-state index in [1.807, 2.05) is 38.1 Å². The lowest BCUT2D eigenvalue weighted by molar-refractivity contribution is -0.123. The summed E-state index contributed by atoms with van der Waals surface area (Å²) in [5.74, 6) is 0.644. The molecule has 4 nitrogen and oxygen atoms in total. The van der Waals surface area contributed by atoms with Gasteiger partial charge in [-0.05, 0) is 51.8 Å². The summed E-state index contributed by atoms with van der Waals surface area (Å²) >= 11 is 0. The summed E-state index contributed by atoms with van der Waals surface area (Å²) in [6.45, 7) is 11.3. The van der Waals surface area contributed by atoms with Crippen LogP contribution in [0, 0.1) is 0 Å². The molecular formula is C17H28N2O2. The average molecular weight is 292 g/mol. The molecule has 1 aromatic carbocycles. The molecule has 1 rings (SSSR count). The van der Waals surface area contributed by atoms with Crippen LogP contribution >= 0.6 is 0 Å². The van der Waals surface area contributed by atoms with E-state index in [0.717, 1.165) is 24.3 Å². The van der Waals surface area contributed by atoms with Gasteiger partial charge in [0.15, 0.2) is 6.61 Å². The number of benzene rings is 1. The summed E-state index contributed by atoms with van der Waals surface area (Å²) in [6.07, 6.45) is 0.916. The van der Waals surface area contributed by atoms with E-state index >= 15 is 0 Å². The Labute approximate surface area is 128 Å². The molecule has 118 valence electrons. The van der Waals surface area contributed by atoms with Gasteiger partial charge in [0.05, 0.1) is 0 Å². The molecule has 1 amide bonds. The Morgan fingerprint density at radius 1 is 1.33 bits per heavy atom. The Morgan fingerprint density at radius 3 is 2.67 bits per heavy atom. The molecule has 0 radical (unpaired) electrons. The van der Waals surface area contributed by atoms with Crippen LogP contribution in [0.3, 0.4) is 0 Å². The quantitative estimate of drug-likeness (QED) is 0.812. The second-order valence-corrected chi connectivity index (χ2v) is 6.42. The molecule has 0 fully saturated rings. The minimum Gasteiger partial charge on any atom is -0.484 e. The molecule has 4 heteroatoms. The maximum atomic E-state index is 11.7. The summed E-state index contributed by atoms with van der Waals surface area (Å²) < 4.78 is 5.55. The van der Waals surface area contributed by atoms with E-state index < -0.39 is 0 Å². The Balaban J connectivity index is 2.47. The molecule has 1 aromatic rings. The highest BCUT2D eigenvalue weighted by atomic mass is 16.5. The highest BCUT2D eigenvalue weighted by Crippen LogP contribution is 2.14. The fourth-order valence-electron chi connectivity index (χ4n) is 1.68. The van der Waals surface area contributed by atoms with Gasteiger partial charge in [-0.2, -0.15) is 0 Å². The van der Waals surface area contributed by atoms with Gasteiger partial charge in [-0.1, -0.05) is 19.1 Å². The van der Waals surface area contributed by atoms with Crippen LogP contribution < -0.4 is 15.4 Å². The van der Waals surface area contributed by atoms with Crippen molar-refractivity contribution in [3.63, 3.8) is 0 Å². The van der Waals surface area contributed by atoms with Gasteiger partial charge >= 0.3 is 0 Å². The van der Waals surface area contributed by atoms with Crippen molar-refractivity contribution < 1.29 is 9.53 Å². The monoisotopic (exact) mass is 292 g/mol. The first-order valence-electron chi connectivity index (χ1n) is 7.56. The van der Waals surface area contributed by atoms with Crippen LogP contribution in [0.2, 0.25) is 0 Å². The molecule has 0 aliphatic rings. The van der Waals surface area contributed by atoms with Gasteiger partial charge in [0, 0.05) is 18.1 Å². The lowest BCUT2D eigenvalue weighted by Crippen LogP contribution is -2.35. The van der Waals surface area contributed by atoms with Gasteiger partial charge < -0.3 is 15.4 Å². The van der Waals surface area contributed by atoms with Crippen molar-refractivity contribution in [2.45, 2.75) is 59.2 Å². The second kappa shape index (κ2) is 8.03. The smallest absolute Gasteiger partial charge is 0.258 e. The van der Waals surface area contributed by atoms with Crippen molar-refractivity contribution in [1.82, 2.24) is 10.6 Å². The van der Waals surface area contributed by atoms with Crippen LogP contribution in [-0.4, -0.2) is 24.1 Å². The number of hydrogen-bond acceptors (Lipinski definition) is 3. The van der Waals surface area contributed by atoms with Crippen LogP contribution in [-0.2, 0) is 11.3 Å². The fourth-order valence-corrected chi connectivity index (χ4v) is 1.68. The lowest BCUT2D eigenvalue weighted by Gasteiger charge is -2.20. The lowest BCUT2D eigenvalue weighted by atomic mass is 10.1. The number of carbonyl (C=O) groups is 1. The number of nitrogens with one attached hydrogen (secondary N) is 2. The Morgan fingerprint density at radius 2 is 2.05 bits per heavy atom. The minimum absolute atomic E-state index is 0.0560. The van der Waals surface area contributed by atoms with Gasteiger partial charge in [0.1, 0.15) is 5.75 Å². The Bertz CT molecular complexity index is 452. The summed E-state index contributed by atoms with van der Waals surface area (Å²) in [4.78, 5) is 11.7. The third-order valence-corrected chi connectivity index (χ3v) is 3.11. The Kier molecular flexibility index (Phi) is 6.69. The van der Waals surface area contributed by atoms with Crippen molar-refractivity contribution in [3.8, 4) is 5.75 Å². The summed E-state index contributed by atoms with van der Waals surface area (Å²) in [6, 6.07) is 8.02. The minimum atomic E-state index is -0.0810. The fraction of sp³-hybridized carbons (Fsp3) is 0.588. The zero-order valence-electron chi connectivity index (χ0n) is 13.8. The molecule has 0 aliphatic carbocycles. The van der Waals surface area contributed by atoms with Gasteiger partial charge in [-0.25, -0.2) is 0 Å². The highest BCUT2D eigenvalue weighted by Gasteiger charge is 2.09. The summed E-state index contributed by atoms with van der Waals surface area (Å²) in [5, 5.41) is 6.31. The largest absolute Gasteiger partial charge is 0.484 e. The van der Waals surface area contributed by atoms with Crippen molar-refractivity contribution in [3.05, 3.63) is 29.8 Å². The molecule has 2 N–H and O–H groups in total. The number of hydrogen-bond donors (Lipinski definition) is 2. The third-order valence-electron chi connectivity index (χ3n) is 3.11. The zero-order chi connectivity index (χ0) is 15.9. The number of ether oxygens (including phenoxy) is 1. The third kappa shape index (κ3) is 7.71. The normalized spacial score (nSPS) is 12.8. The zero-order valence-corrected chi connectivity index (χ0v) is 13.8. The van der Waals surface area contributed by atoms with E-state index in [-0.39, 0.29) is 24.1 Å². The standard InChI is InChI=1S/C17H28N2O2/c1-6-13(2)19-16(20)12-21-15-9-7-8-14(10-15)11-18-17(3,4)5/h7-10,13,18H,6,11-12H2,1-5H3,(H,19,20). The maximum absolute atomic E-state index is 11.7. The molecular weight excluding hydrogens is 264 g/mol. The Hall–Kier alpha value is -1.55. The van der Waals surface area contributed by atoms with Crippen LogP contribution in [0.15, 0.2) is 24.3 Å². The van der Waals surface area contributed by atoms with E-state index in [0.29, 0.717) is 0 Å². The SMILES string of the molecule is CCC(C)NC(=O)COc1cccc(CNC(C)(C)C)c1. The van der Waals surface area contributed by atoms with Crippen LogP contribution in [0.4, 0.5) is 0 Å². The molecule has 0 heterocycles.